The molecule has 2 N–H and O–H groups in total. The van der Waals surface area contributed by atoms with E-state index in [-0.39, 0.29) is 0 Å². The predicted molar refractivity (Wildman–Crippen MR) is 132 cm³/mol. The molecule has 0 saturated heterocycles. The normalized spacial score (nSPS) is 12.5. The van der Waals surface area contributed by atoms with Crippen molar-refractivity contribution in [2.24, 2.45) is 0 Å². The van der Waals surface area contributed by atoms with E-state index in [0.717, 1.165) is 62.2 Å². The highest BCUT2D eigenvalue weighted by Gasteiger charge is 2.15. The monoisotopic (exact) mass is 434 g/mol. The lowest BCUT2D eigenvalue weighted by molar-refractivity contribution is -0.131. The van der Waals surface area contributed by atoms with E-state index in [2.05, 4.69) is 41.4 Å². The molecule has 5 aromatic rings. The highest BCUT2D eigenvalue weighted by Crippen LogP contribution is 2.36. The molecule has 0 spiro atoms. The molecule has 0 aliphatic carbocycles. The van der Waals surface area contributed by atoms with E-state index in [9.17, 15) is 4.79 Å². The second-order valence-corrected chi connectivity index (χ2v) is 7.85. The van der Waals surface area contributed by atoms with Gasteiger partial charge in [-0.3, -0.25) is 5.10 Å². The number of allylic oxidation sites excluding steroid dienone is 1. The first-order valence-electron chi connectivity index (χ1n) is 10.8. The molecule has 5 heteroatoms. The molecule has 0 saturated carbocycles. The molecule has 2 aromatic heterocycles. The maximum absolute atomic E-state index is 10.9. The third-order valence-electron chi connectivity index (χ3n) is 5.80. The predicted octanol–water partition coefficient (Wildman–Crippen LogP) is 6.78. The van der Waals surface area contributed by atoms with Gasteiger partial charge in [0.1, 0.15) is 5.58 Å². The Morgan fingerprint density at radius 3 is 2.52 bits per heavy atom. The summed E-state index contributed by atoms with van der Waals surface area (Å²) in [5.41, 5.74) is 8.35. The summed E-state index contributed by atoms with van der Waals surface area (Å²) in [7, 11) is 0. The Morgan fingerprint density at radius 1 is 0.970 bits per heavy atom. The fourth-order valence-corrected chi connectivity index (χ4v) is 4.22. The molecule has 5 rings (SSSR count). The summed E-state index contributed by atoms with van der Waals surface area (Å²) >= 11 is 0. The summed E-state index contributed by atoms with van der Waals surface area (Å²) in [6.07, 6.45) is 7.12. The zero-order valence-electron chi connectivity index (χ0n) is 18.1. The molecule has 0 atom stereocenters. The molecule has 5 nitrogen and oxygen atoms in total. The van der Waals surface area contributed by atoms with Crippen molar-refractivity contribution in [1.29, 1.82) is 0 Å². The topological polar surface area (TPSA) is 79.1 Å². The van der Waals surface area contributed by atoms with Crippen LogP contribution in [0.3, 0.4) is 0 Å². The summed E-state index contributed by atoms with van der Waals surface area (Å²) in [6.45, 7) is 2.16. The van der Waals surface area contributed by atoms with Crippen molar-refractivity contribution >= 4 is 45.1 Å². The molecule has 162 valence electrons. The van der Waals surface area contributed by atoms with Crippen molar-refractivity contribution in [3.05, 3.63) is 108 Å². The Bertz CT molecular complexity index is 1520. The van der Waals surface area contributed by atoms with Crippen molar-refractivity contribution in [3.8, 4) is 0 Å². The maximum Gasteiger partial charge on any atom is 0.328 e. The van der Waals surface area contributed by atoms with Crippen molar-refractivity contribution in [3.63, 3.8) is 0 Å². The van der Waals surface area contributed by atoms with E-state index in [1.54, 1.807) is 12.3 Å². The molecule has 0 unspecified atom stereocenters. The van der Waals surface area contributed by atoms with Crippen LogP contribution in [-0.4, -0.2) is 21.3 Å². The summed E-state index contributed by atoms with van der Waals surface area (Å²) < 4.78 is 5.53. The van der Waals surface area contributed by atoms with Crippen molar-refractivity contribution < 1.29 is 14.3 Å². The van der Waals surface area contributed by atoms with Gasteiger partial charge in [-0.15, -0.1) is 0 Å². The third kappa shape index (κ3) is 4.08. The number of hydrogen-bond acceptors (Lipinski definition) is 3. The second-order valence-electron chi connectivity index (χ2n) is 7.85. The quantitative estimate of drug-likeness (QED) is 0.228. The first-order chi connectivity index (χ1) is 16.1. The first kappa shape index (κ1) is 20.5. The first-order valence-corrected chi connectivity index (χ1v) is 10.8. The fraction of sp³-hybridized carbons (Fsp3) is 0.0714. The molecular formula is C28H22N2O3. The number of carbonyl (C=O) groups is 1. The van der Waals surface area contributed by atoms with Crippen LogP contribution in [0, 0.1) is 0 Å². The van der Waals surface area contributed by atoms with Gasteiger partial charge in [0, 0.05) is 16.8 Å². The SMILES string of the molecule is CC/C(=C(/c1ccc(/C=C/C(=O)O)cc1)c1ccc2[nH]ncc2c1)c1ccc2occc2c1. The molecular weight excluding hydrogens is 412 g/mol. The Labute approximate surface area is 190 Å². The molecule has 0 bridgehead atoms. The van der Waals surface area contributed by atoms with Crippen LogP contribution in [0.2, 0.25) is 0 Å². The molecule has 0 aliphatic heterocycles. The number of furan rings is 1. The fourth-order valence-electron chi connectivity index (χ4n) is 4.22. The molecule has 0 amide bonds. The van der Waals surface area contributed by atoms with Gasteiger partial charge in [-0.1, -0.05) is 43.3 Å². The van der Waals surface area contributed by atoms with Gasteiger partial charge in [0.05, 0.1) is 18.0 Å². The number of carboxylic acids is 1. The zero-order chi connectivity index (χ0) is 22.8. The van der Waals surface area contributed by atoms with Crippen LogP contribution >= 0.6 is 0 Å². The number of rotatable bonds is 6. The van der Waals surface area contributed by atoms with Gasteiger partial charge in [-0.25, -0.2) is 4.79 Å². The Kier molecular flexibility index (Phi) is 5.37. The molecule has 0 radical (unpaired) electrons. The van der Waals surface area contributed by atoms with Crippen LogP contribution in [0.4, 0.5) is 0 Å². The molecule has 33 heavy (non-hydrogen) atoms. The van der Waals surface area contributed by atoms with E-state index < -0.39 is 5.97 Å². The average molecular weight is 434 g/mol. The Balaban J connectivity index is 1.71. The molecule has 3 aromatic carbocycles. The number of hydrogen-bond donors (Lipinski definition) is 2. The van der Waals surface area contributed by atoms with Crippen LogP contribution in [0.15, 0.2) is 89.7 Å². The van der Waals surface area contributed by atoms with Gasteiger partial charge in [-0.05, 0) is 76.2 Å². The van der Waals surface area contributed by atoms with Crippen LogP contribution < -0.4 is 0 Å². The largest absolute Gasteiger partial charge is 0.478 e. The molecule has 0 aliphatic rings. The summed E-state index contributed by atoms with van der Waals surface area (Å²) in [6, 6.07) is 22.5. The van der Waals surface area contributed by atoms with Gasteiger partial charge in [-0.2, -0.15) is 5.10 Å². The van der Waals surface area contributed by atoms with Crippen molar-refractivity contribution in [2.75, 3.05) is 0 Å². The highest BCUT2D eigenvalue weighted by molar-refractivity contribution is 6.01. The number of fused-ring (bicyclic) bond motifs is 2. The van der Waals surface area contributed by atoms with Gasteiger partial charge >= 0.3 is 5.97 Å². The number of benzene rings is 3. The third-order valence-corrected chi connectivity index (χ3v) is 5.80. The van der Waals surface area contributed by atoms with Gasteiger partial charge in [0.25, 0.3) is 0 Å². The smallest absolute Gasteiger partial charge is 0.328 e. The number of nitrogens with zero attached hydrogens (tertiary/aromatic N) is 1. The summed E-state index contributed by atoms with van der Waals surface area (Å²) in [5.74, 6) is -0.962. The van der Waals surface area contributed by atoms with Gasteiger partial charge in [0.15, 0.2) is 0 Å². The van der Waals surface area contributed by atoms with Gasteiger partial charge in [0.2, 0.25) is 0 Å². The number of carboxylic acid groups (broad SMARTS) is 1. The second kappa shape index (κ2) is 8.63. The average Bonchev–Trinajstić information content (AvgIpc) is 3.50. The van der Waals surface area contributed by atoms with Gasteiger partial charge < -0.3 is 9.52 Å². The standard InChI is InChI=1S/C28H22N2O3/c1-2-24(20-9-11-26-21(15-20)13-14-33-26)28(22-8-10-25-23(16-22)17-29-30-25)19-6-3-18(4-7-19)5-12-27(31)32/h3-17H,2H2,1H3,(H,29,30)(H,31,32)/b12-5+,28-24+. The summed E-state index contributed by atoms with van der Waals surface area (Å²) in [5, 5.41) is 18.2. The van der Waals surface area contributed by atoms with E-state index in [1.807, 2.05) is 48.7 Å². The maximum atomic E-state index is 10.9. The lowest BCUT2D eigenvalue weighted by atomic mass is 9.87. The number of H-pyrrole nitrogens is 1. The Morgan fingerprint density at radius 2 is 1.73 bits per heavy atom. The van der Waals surface area contributed by atoms with E-state index in [0.29, 0.717) is 0 Å². The number of aliphatic carboxylic acids is 1. The van der Waals surface area contributed by atoms with Crippen LogP contribution in [0.25, 0.3) is 39.1 Å². The van der Waals surface area contributed by atoms with Crippen LogP contribution in [0.1, 0.15) is 35.6 Å². The van der Waals surface area contributed by atoms with Crippen LogP contribution in [0.5, 0.6) is 0 Å². The van der Waals surface area contributed by atoms with E-state index >= 15 is 0 Å². The van der Waals surface area contributed by atoms with E-state index in [4.69, 9.17) is 9.52 Å². The highest BCUT2D eigenvalue weighted by atomic mass is 16.4. The molecule has 0 fully saturated rings. The lowest BCUT2D eigenvalue weighted by Gasteiger charge is -2.17. The van der Waals surface area contributed by atoms with E-state index in [1.165, 1.54) is 5.57 Å². The minimum Gasteiger partial charge on any atom is -0.478 e. The minimum atomic E-state index is -0.962. The molecule has 2 heterocycles. The summed E-state index contributed by atoms with van der Waals surface area (Å²) in [4.78, 5) is 10.9. The zero-order valence-corrected chi connectivity index (χ0v) is 18.1. The van der Waals surface area contributed by atoms with Crippen LogP contribution in [-0.2, 0) is 4.79 Å². The Hall–Kier alpha value is -4.38. The lowest BCUT2D eigenvalue weighted by Crippen LogP contribution is -1.95. The van der Waals surface area contributed by atoms with Crippen molar-refractivity contribution in [1.82, 2.24) is 10.2 Å². The number of aromatic nitrogens is 2. The minimum absolute atomic E-state index is 0.836. The number of aromatic amines is 1. The number of nitrogens with one attached hydrogen (secondary N) is 1. The van der Waals surface area contributed by atoms with Crippen molar-refractivity contribution in [2.45, 2.75) is 13.3 Å².